The molecule has 0 bridgehead atoms. The molecule has 1 aliphatic carbocycles. The number of carbonyl (C=O) groups excluding carboxylic acids is 1. The highest BCUT2D eigenvalue weighted by Crippen LogP contribution is 2.66. The molecule has 1 aliphatic heterocycles. The molecule has 2 atom stereocenters. The Labute approximate surface area is 104 Å². The SMILES string of the molecule is COC(=O)C1(CCCCl)CC2(CN1)CC2(F)F. The number of halogens is 3. The van der Waals surface area contributed by atoms with Crippen molar-refractivity contribution in [3.63, 3.8) is 0 Å². The summed E-state index contributed by atoms with van der Waals surface area (Å²) in [6.45, 7) is 0.178. The van der Waals surface area contributed by atoms with Crippen LogP contribution in [0.25, 0.3) is 0 Å². The zero-order valence-corrected chi connectivity index (χ0v) is 10.4. The normalized spacial score (nSPS) is 38.4. The molecule has 0 aromatic rings. The summed E-state index contributed by atoms with van der Waals surface area (Å²) in [4.78, 5) is 11.8. The van der Waals surface area contributed by atoms with Crippen molar-refractivity contribution in [2.45, 2.75) is 37.1 Å². The standard InChI is InChI=1S/C11H16ClF2NO2/c1-17-8(16)10(3-2-4-12)5-9(7-15-10)6-11(9,13)14/h15H,2-7H2,1H3. The van der Waals surface area contributed by atoms with E-state index in [4.69, 9.17) is 16.3 Å². The number of hydrogen-bond donors (Lipinski definition) is 1. The third kappa shape index (κ3) is 1.93. The first-order valence-corrected chi connectivity index (χ1v) is 6.22. The van der Waals surface area contributed by atoms with Crippen LogP contribution in [0.5, 0.6) is 0 Å². The van der Waals surface area contributed by atoms with Gasteiger partial charge in [-0.1, -0.05) is 0 Å². The average Bonchev–Trinajstić information content (AvgIpc) is 2.65. The lowest BCUT2D eigenvalue weighted by molar-refractivity contribution is -0.148. The highest BCUT2D eigenvalue weighted by Gasteiger charge is 2.76. The van der Waals surface area contributed by atoms with E-state index in [1.54, 1.807) is 0 Å². The molecule has 6 heteroatoms. The van der Waals surface area contributed by atoms with Gasteiger partial charge in [0, 0.05) is 18.8 Å². The van der Waals surface area contributed by atoms with E-state index in [-0.39, 0.29) is 19.4 Å². The van der Waals surface area contributed by atoms with Crippen LogP contribution in [0.3, 0.4) is 0 Å². The maximum absolute atomic E-state index is 13.3. The van der Waals surface area contributed by atoms with Crippen LogP contribution < -0.4 is 5.32 Å². The van der Waals surface area contributed by atoms with Gasteiger partial charge in [0.25, 0.3) is 5.92 Å². The summed E-state index contributed by atoms with van der Waals surface area (Å²) in [7, 11) is 1.28. The average molecular weight is 268 g/mol. The Morgan fingerprint density at radius 1 is 1.47 bits per heavy atom. The third-order valence-corrected chi connectivity index (χ3v) is 4.20. The van der Waals surface area contributed by atoms with E-state index in [9.17, 15) is 13.6 Å². The van der Waals surface area contributed by atoms with E-state index < -0.39 is 22.8 Å². The molecular formula is C11H16ClF2NO2. The molecule has 0 radical (unpaired) electrons. The van der Waals surface area contributed by atoms with Crippen LogP contribution >= 0.6 is 11.6 Å². The molecule has 1 saturated carbocycles. The first-order valence-electron chi connectivity index (χ1n) is 5.69. The molecule has 2 aliphatic rings. The molecule has 17 heavy (non-hydrogen) atoms. The Balaban J connectivity index is 2.12. The van der Waals surface area contributed by atoms with Gasteiger partial charge in [0.2, 0.25) is 0 Å². The maximum atomic E-state index is 13.3. The van der Waals surface area contributed by atoms with Crippen molar-refractivity contribution >= 4 is 17.6 Å². The minimum Gasteiger partial charge on any atom is -0.468 e. The Hall–Kier alpha value is -0.420. The van der Waals surface area contributed by atoms with Gasteiger partial charge in [0.05, 0.1) is 12.5 Å². The molecule has 2 fully saturated rings. The van der Waals surface area contributed by atoms with Crippen molar-refractivity contribution in [2.24, 2.45) is 5.41 Å². The van der Waals surface area contributed by atoms with Crippen molar-refractivity contribution in [3.05, 3.63) is 0 Å². The fourth-order valence-corrected chi connectivity index (χ4v) is 2.93. The van der Waals surface area contributed by atoms with E-state index in [1.165, 1.54) is 7.11 Å². The van der Waals surface area contributed by atoms with Crippen molar-refractivity contribution in [2.75, 3.05) is 19.5 Å². The van der Waals surface area contributed by atoms with Gasteiger partial charge in [-0.25, -0.2) is 8.78 Å². The lowest BCUT2D eigenvalue weighted by Gasteiger charge is -2.26. The predicted octanol–water partition coefficient (Wildman–Crippen LogP) is 1.94. The molecule has 1 N–H and O–H groups in total. The number of rotatable bonds is 4. The molecule has 0 aromatic carbocycles. The second-order valence-electron chi connectivity index (χ2n) is 5.06. The summed E-state index contributed by atoms with van der Waals surface area (Å²) in [6, 6.07) is 0. The van der Waals surface area contributed by atoms with Gasteiger partial charge in [-0.05, 0) is 19.3 Å². The molecule has 0 amide bonds. The van der Waals surface area contributed by atoms with Crippen LogP contribution in [0, 0.1) is 5.41 Å². The van der Waals surface area contributed by atoms with E-state index in [0.717, 1.165) is 0 Å². The number of esters is 1. The van der Waals surface area contributed by atoms with Crippen LogP contribution in [0.4, 0.5) is 8.78 Å². The Morgan fingerprint density at radius 2 is 2.12 bits per heavy atom. The zero-order valence-electron chi connectivity index (χ0n) is 9.69. The van der Waals surface area contributed by atoms with Gasteiger partial charge >= 0.3 is 5.97 Å². The van der Waals surface area contributed by atoms with Gasteiger partial charge in [0.1, 0.15) is 5.54 Å². The first kappa shape index (κ1) is 13.0. The number of nitrogens with one attached hydrogen (secondary N) is 1. The second-order valence-corrected chi connectivity index (χ2v) is 5.44. The van der Waals surface area contributed by atoms with Gasteiger partial charge in [-0.15, -0.1) is 11.6 Å². The van der Waals surface area contributed by atoms with Crippen LogP contribution in [-0.4, -0.2) is 37.0 Å². The van der Waals surface area contributed by atoms with Crippen molar-refractivity contribution in [1.82, 2.24) is 5.32 Å². The zero-order chi connectivity index (χ0) is 12.7. The molecule has 98 valence electrons. The first-order chi connectivity index (χ1) is 7.91. The van der Waals surface area contributed by atoms with Gasteiger partial charge < -0.3 is 10.1 Å². The number of alkyl halides is 3. The maximum Gasteiger partial charge on any atom is 0.326 e. The number of ether oxygens (including phenoxy) is 1. The highest BCUT2D eigenvalue weighted by molar-refractivity contribution is 6.17. The van der Waals surface area contributed by atoms with Crippen LogP contribution in [0.1, 0.15) is 25.7 Å². The lowest BCUT2D eigenvalue weighted by Crippen LogP contribution is -2.48. The topological polar surface area (TPSA) is 38.3 Å². The molecular weight excluding hydrogens is 252 g/mol. The Kier molecular flexibility index (Phi) is 3.11. The van der Waals surface area contributed by atoms with Gasteiger partial charge in [0.15, 0.2) is 0 Å². The predicted molar refractivity (Wildman–Crippen MR) is 59.3 cm³/mol. The number of carbonyl (C=O) groups is 1. The molecule has 3 nitrogen and oxygen atoms in total. The summed E-state index contributed by atoms with van der Waals surface area (Å²) in [5, 5.41) is 2.95. The van der Waals surface area contributed by atoms with Crippen molar-refractivity contribution in [3.8, 4) is 0 Å². The van der Waals surface area contributed by atoms with E-state index in [1.807, 2.05) is 0 Å². The van der Waals surface area contributed by atoms with E-state index in [0.29, 0.717) is 18.7 Å². The molecule has 1 heterocycles. The Bertz CT molecular complexity index is 339. The summed E-state index contributed by atoms with van der Waals surface area (Å²) in [5.74, 6) is -2.69. The third-order valence-electron chi connectivity index (χ3n) is 3.93. The second kappa shape index (κ2) is 4.05. The monoisotopic (exact) mass is 267 g/mol. The minimum absolute atomic E-state index is 0.132. The lowest BCUT2D eigenvalue weighted by atomic mass is 9.87. The fourth-order valence-electron chi connectivity index (χ4n) is 2.79. The van der Waals surface area contributed by atoms with Gasteiger partial charge in [-0.2, -0.15) is 0 Å². The van der Waals surface area contributed by atoms with Crippen LogP contribution in [0.15, 0.2) is 0 Å². The van der Waals surface area contributed by atoms with Crippen molar-refractivity contribution < 1.29 is 18.3 Å². The molecule has 1 saturated heterocycles. The summed E-state index contributed by atoms with van der Waals surface area (Å²) in [6.07, 6.45) is 1.06. The Morgan fingerprint density at radius 3 is 2.53 bits per heavy atom. The quantitative estimate of drug-likeness (QED) is 0.625. The van der Waals surface area contributed by atoms with E-state index in [2.05, 4.69) is 5.32 Å². The smallest absolute Gasteiger partial charge is 0.326 e. The van der Waals surface area contributed by atoms with E-state index >= 15 is 0 Å². The number of methoxy groups -OCH3 is 1. The molecule has 2 rings (SSSR count). The molecule has 1 spiro atoms. The van der Waals surface area contributed by atoms with Gasteiger partial charge in [-0.3, -0.25) is 4.79 Å². The summed E-state index contributed by atoms with van der Waals surface area (Å²) >= 11 is 5.60. The molecule has 2 unspecified atom stereocenters. The highest BCUT2D eigenvalue weighted by atomic mass is 35.5. The number of hydrogen-bond acceptors (Lipinski definition) is 3. The van der Waals surface area contributed by atoms with Crippen LogP contribution in [0.2, 0.25) is 0 Å². The summed E-state index contributed by atoms with van der Waals surface area (Å²) in [5.41, 5.74) is -2.00. The summed E-state index contributed by atoms with van der Waals surface area (Å²) < 4.78 is 31.3. The molecule has 0 aromatic heterocycles. The minimum atomic E-state index is -2.64. The fraction of sp³-hybridized carbons (Fsp3) is 0.909. The van der Waals surface area contributed by atoms with Crippen molar-refractivity contribution in [1.29, 1.82) is 0 Å². The van der Waals surface area contributed by atoms with Crippen LogP contribution in [-0.2, 0) is 9.53 Å². The largest absolute Gasteiger partial charge is 0.468 e.